The smallest absolute Gasteiger partial charge is 0.286 e. The monoisotopic (exact) mass is 631 g/mol. The maximum atomic E-state index is 14.9. The van der Waals surface area contributed by atoms with Crippen molar-refractivity contribution in [1.29, 1.82) is 0 Å². The van der Waals surface area contributed by atoms with Crippen LogP contribution in [0.5, 0.6) is 11.5 Å². The highest BCUT2D eigenvalue weighted by atomic mass is 32.2. The molecular weight excluding hydrogens is 600 g/mol. The second-order valence-corrected chi connectivity index (χ2v) is 11.1. The number of rotatable bonds is 13. The Morgan fingerprint density at radius 1 is 1.04 bits per heavy atom. The first-order chi connectivity index (χ1) is 21.9. The van der Waals surface area contributed by atoms with Gasteiger partial charge in [0.1, 0.15) is 5.82 Å². The number of aliphatic imine (C=N–C) groups is 1. The van der Waals surface area contributed by atoms with Gasteiger partial charge in [0.15, 0.2) is 17.3 Å². The molecular formula is C34H31F2N3O5S. The van der Waals surface area contributed by atoms with Crippen LogP contribution >= 0.6 is 11.8 Å². The summed E-state index contributed by atoms with van der Waals surface area (Å²) in [4.78, 5) is 17.2. The molecule has 1 unspecified atom stereocenters. The number of fused-ring (bicyclic) bond motifs is 1. The second-order valence-electron chi connectivity index (χ2n) is 10.1. The maximum absolute atomic E-state index is 14.9. The molecule has 11 heteroatoms. The molecule has 4 aromatic rings. The van der Waals surface area contributed by atoms with Gasteiger partial charge in [-0.3, -0.25) is 4.79 Å². The summed E-state index contributed by atoms with van der Waals surface area (Å²) in [6.45, 7) is 1.81. The maximum Gasteiger partial charge on any atom is 0.286 e. The summed E-state index contributed by atoms with van der Waals surface area (Å²) in [5, 5.41) is 12.5. The number of allylic oxidation sites excluding steroid dienone is 1. The zero-order chi connectivity index (χ0) is 31.6. The minimum Gasteiger partial charge on any atom is -0.454 e. The SMILES string of the molecule is CC(/C=C(\N=CSCCC(OCc1ccccc1F)c1ccccc1)c1cc(F)c(=O)n(Cc2cccc3c2OCO3)c1)=N/O. The molecule has 45 heavy (non-hydrogen) atoms. The largest absolute Gasteiger partial charge is 0.454 e. The highest BCUT2D eigenvalue weighted by Gasteiger charge is 2.19. The van der Waals surface area contributed by atoms with Gasteiger partial charge in [0.05, 0.1) is 36.2 Å². The van der Waals surface area contributed by atoms with Gasteiger partial charge in [-0.05, 0) is 43.2 Å². The Bertz CT molecular complexity index is 1780. The van der Waals surface area contributed by atoms with Crippen LogP contribution in [0.15, 0.2) is 106 Å². The number of thioether (sulfide) groups is 1. The van der Waals surface area contributed by atoms with E-state index in [0.29, 0.717) is 46.1 Å². The molecule has 5 rings (SSSR count). The number of benzene rings is 3. The first kappa shape index (κ1) is 31.7. The van der Waals surface area contributed by atoms with E-state index in [4.69, 9.17) is 14.2 Å². The summed E-state index contributed by atoms with van der Waals surface area (Å²) >= 11 is 1.40. The Morgan fingerprint density at radius 2 is 1.82 bits per heavy atom. The lowest BCUT2D eigenvalue weighted by molar-refractivity contribution is 0.0364. The van der Waals surface area contributed by atoms with E-state index < -0.39 is 11.4 Å². The number of nitrogens with zero attached hydrogens (tertiary/aromatic N) is 3. The quantitative estimate of drug-likeness (QED) is 0.0551. The van der Waals surface area contributed by atoms with Crippen molar-refractivity contribution in [3.05, 3.63) is 135 Å². The van der Waals surface area contributed by atoms with Gasteiger partial charge in [-0.15, -0.1) is 11.8 Å². The number of aromatic nitrogens is 1. The van der Waals surface area contributed by atoms with Crippen LogP contribution in [0.3, 0.4) is 0 Å². The summed E-state index contributed by atoms with van der Waals surface area (Å²) in [5.41, 5.74) is 3.76. The van der Waals surface area contributed by atoms with Crippen molar-refractivity contribution in [2.45, 2.75) is 32.6 Å². The Hall–Kier alpha value is -4.74. The third-order valence-corrected chi connectivity index (χ3v) is 7.72. The Morgan fingerprint density at radius 3 is 2.62 bits per heavy atom. The van der Waals surface area contributed by atoms with Crippen molar-refractivity contribution in [2.24, 2.45) is 10.1 Å². The van der Waals surface area contributed by atoms with Crippen LogP contribution < -0.4 is 15.0 Å². The molecule has 232 valence electrons. The van der Waals surface area contributed by atoms with Crippen LogP contribution in [-0.2, 0) is 17.9 Å². The molecule has 3 aromatic carbocycles. The zero-order valence-corrected chi connectivity index (χ0v) is 25.3. The Kier molecular flexibility index (Phi) is 10.8. The molecule has 0 bridgehead atoms. The molecule has 1 aliphatic heterocycles. The van der Waals surface area contributed by atoms with Gasteiger partial charge in [0.25, 0.3) is 5.56 Å². The number of ether oxygens (including phenoxy) is 3. The van der Waals surface area contributed by atoms with Crippen molar-refractivity contribution in [1.82, 2.24) is 4.57 Å². The fraction of sp³-hybridized carbons (Fsp3) is 0.206. The third kappa shape index (κ3) is 8.25. The summed E-state index contributed by atoms with van der Waals surface area (Å²) in [7, 11) is 0. The number of halogens is 2. The van der Waals surface area contributed by atoms with Crippen molar-refractivity contribution < 1.29 is 28.2 Å². The number of para-hydroxylation sites is 1. The third-order valence-electron chi connectivity index (χ3n) is 6.99. The summed E-state index contributed by atoms with van der Waals surface area (Å²) in [6.07, 6.45) is 3.32. The first-order valence-corrected chi connectivity index (χ1v) is 15.2. The molecule has 1 N–H and O–H groups in total. The molecule has 8 nitrogen and oxygen atoms in total. The van der Waals surface area contributed by atoms with Crippen LogP contribution in [0.25, 0.3) is 5.70 Å². The number of hydrogen-bond donors (Lipinski definition) is 1. The normalized spacial score (nSPS) is 13.8. The van der Waals surface area contributed by atoms with Gasteiger partial charge in [-0.25, -0.2) is 13.8 Å². The molecule has 0 spiro atoms. The van der Waals surface area contributed by atoms with Crippen molar-refractivity contribution in [3.63, 3.8) is 0 Å². The van der Waals surface area contributed by atoms with Crippen LogP contribution in [0.2, 0.25) is 0 Å². The average Bonchev–Trinajstić information content (AvgIpc) is 3.55. The topological polar surface area (TPSA) is 94.6 Å². The first-order valence-electron chi connectivity index (χ1n) is 14.1. The van der Waals surface area contributed by atoms with Crippen LogP contribution in [-0.4, -0.2) is 33.6 Å². The summed E-state index contributed by atoms with van der Waals surface area (Å²) in [5.74, 6) is 0.402. The average molecular weight is 632 g/mol. The fourth-order valence-electron chi connectivity index (χ4n) is 4.72. The second kappa shape index (κ2) is 15.3. The Balaban J connectivity index is 1.31. The van der Waals surface area contributed by atoms with E-state index in [-0.39, 0.29) is 37.6 Å². The molecule has 0 fully saturated rings. The summed E-state index contributed by atoms with van der Waals surface area (Å²) in [6, 6.07) is 22.6. The highest BCUT2D eigenvalue weighted by molar-refractivity contribution is 8.12. The molecule has 0 amide bonds. The number of pyridine rings is 1. The molecule has 2 heterocycles. The molecule has 0 saturated heterocycles. The molecule has 0 saturated carbocycles. The molecule has 0 radical (unpaired) electrons. The van der Waals surface area contributed by atoms with E-state index in [1.807, 2.05) is 30.3 Å². The van der Waals surface area contributed by atoms with E-state index in [1.54, 1.807) is 48.9 Å². The van der Waals surface area contributed by atoms with Gasteiger partial charge in [0, 0.05) is 28.6 Å². The van der Waals surface area contributed by atoms with Gasteiger partial charge in [-0.2, -0.15) is 0 Å². The van der Waals surface area contributed by atoms with Gasteiger partial charge in [-0.1, -0.05) is 65.8 Å². The van der Waals surface area contributed by atoms with Gasteiger partial charge < -0.3 is 24.0 Å². The summed E-state index contributed by atoms with van der Waals surface area (Å²) < 4.78 is 47.4. The van der Waals surface area contributed by atoms with E-state index in [9.17, 15) is 18.8 Å². The van der Waals surface area contributed by atoms with Gasteiger partial charge in [0.2, 0.25) is 6.79 Å². The van der Waals surface area contributed by atoms with E-state index >= 15 is 0 Å². The lowest BCUT2D eigenvalue weighted by atomic mass is 10.1. The van der Waals surface area contributed by atoms with E-state index in [2.05, 4.69) is 10.1 Å². The van der Waals surface area contributed by atoms with Crippen molar-refractivity contribution in [2.75, 3.05) is 12.5 Å². The minimum absolute atomic E-state index is 0.0443. The zero-order valence-electron chi connectivity index (χ0n) is 24.4. The Labute approximate surface area is 263 Å². The van der Waals surface area contributed by atoms with E-state index in [1.165, 1.54) is 34.7 Å². The van der Waals surface area contributed by atoms with Crippen LogP contribution in [0.4, 0.5) is 8.78 Å². The highest BCUT2D eigenvalue weighted by Crippen LogP contribution is 2.35. The van der Waals surface area contributed by atoms with Crippen molar-refractivity contribution >= 4 is 28.7 Å². The molecule has 1 aromatic heterocycles. The van der Waals surface area contributed by atoms with Crippen LogP contribution in [0.1, 0.15) is 41.7 Å². The fourth-order valence-corrected chi connectivity index (χ4v) is 5.36. The van der Waals surface area contributed by atoms with E-state index in [0.717, 1.165) is 11.6 Å². The molecule has 1 atom stereocenters. The number of hydrogen-bond acceptors (Lipinski definition) is 8. The predicted molar refractivity (Wildman–Crippen MR) is 171 cm³/mol. The minimum atomic E-state index is -0.956. The predicted octanol–water partition coefficient (Wildman–Crippen LogP) is 7.20. The molecule has 1 aliphatic rings. The number of oxime groups is 1. The molecule has 0 aliphatic carbocycles. The van der Waals surface area contributed by atoms with Gasteiger partial charge >= 0.3 is 0 Å². The van der Waals surface area contributed by atoms with Crippen LogP contribution in [0, 0.1) is 11.6 Å². The lowest BCUT2D eigenvalue weighted by Crippen LogP contribution is -2.24. The van der Waals surface area contributed by atoms with Crippen molar-refractivity contribution in [3.8, 4) is 11.5 Å². The standard InChI is InChI=1S/C34H31F2N3O5S/c1-23(38-41)16-30(27-17-29(36)34(40)39(19-27)18-25-11-7-13-32-33(25)44-22-43-32)37-21-45-15-14-31(24-8-3-2-4-9-24)42-20-26-10-5-6-12-28(26)35/h2-13,16-17,19,21,31,41H,14-15,18,20,22H2,1H3/b30-16-,37-21?,38-23-. The lowest BCUT2D eigenvalue weighted by Gasteiger charge is -2.18.